The van der Waals surface area contributed by atoms with Crippen LogP contribution in [0.3, 0.4) is 0 Å². The van der Waals surface area contributed by atoms with E-state index in [0.29, 0.717) is 11.1 Å². The number of amides is 1. The molecule has 0 saturated heterocycles. The van der Waals surface area contributed by atoms with Gasteiger partial charge in [-0.25, -0.2) is 4.79 Å². The van der Waals surface area contributed by atoms with E-state index in [4.69, 9.17) is 5.73 Å². The molecule has 0 spiro atoms. The minimum Gasteiger partial charge on any atom is -0.477 e. The summed E-state index contributed by atoms with van der Waals surface area (Å²) in [4.78, 5) is 23.9. The Kier molecular flexibility index (Phi) is 3.95. The smallest absolute Gasteiger partial charge is 0.346 e. The minimum absolute atomic E-state index is 0.115. The zero-order valence-electron chi connectivity index (χ0n) is 12.0. The normalized spacial score (nSPS) is 10.4. The molecule has 23 heavy (non-hydrogen) atoms. The number of carbonyl (C=O) groups is 2. The standard InChI is InChI=1S/C18H13NO3S/c19-17(20)15-13(11-7-3-1-4-8-11)14(16(23-15)18(21)22)12-9-5-2-6-10-12/h1-10H,(H2,19,20)(H,21,22). The Labute approximate surface area is 136 Å². The molecule has 0 unspecified atom stereocenters. The summed E-state index contributed by atoms with van der Waals surface area (Å²) < 4.78 is 0. The fraction of sp³-hybridized carbons (Fsp3) is 0. The first-order valence-corrected chi connectivity index (χ1v) is 7.72. The number of thiophene rings is 1. The largest absolute Gasteiger partial charge is 0.477 e. The van der Waals surface area contributed by atoms with Gasteiger partial charge in [0.2, 0.25) is 0 Å². The molecule has 0 saturated carbocycles. The maximum absolute atomic E-state index is 11.9. The molecule has 0 aliphatic rings. The summed E-state index contributed by atoms with van der Waals surface area (Å²) in [6.45, 7) is 0. The van der Waals surface area contributed by atoms with E-state index < -0.39 is 11.9 Å². The first-order chi connectivity index (χ1) is 11.1. The molecule has 4 nitrogen and oxygen atoms in total. The van der Waals surface area contributed by atoms with Crippen LogP contribution in [0.25, 0.3) is 22.3 Å². The number of rotatable bonds is 4. The molecule has 0 radical (unpaired) electrons. The van der Waals surface area contributed by atoms with Gasteiger partial charge in [0.25, 0.3) is 5.91 Å². The van der Waals surface area contributed by atoms with Gasteiger partial charge in [0.1, 0.15) is 9.75 Å². The second-order valence-electron chi connectivity index (χ2n) is 4.91. The van der Waals surface area contributed by atoms with Crippen molar-refractivity contribution >= 4 is 23.2 Å². The first kappa shape index (κ1) is 15.0. The Morgan fingerprint density at radius 3 is 1.61 bits per heavy atom. The van der Waals surface area contributed by atoms with Gasteiger partial charge in [-0.3, -0.25) is 4.79 Å². The molecule has 0 aliphatic heterocycles. The summed E-state index contributed by atoms with van der Waals surface area (Å²) in [7, 11) is 0. The van der Waals surface area contributed by atoms with Crippen LogP contribution in [0.2, 0.25) is 0 Å². The van der Waals surface area contributed by atoms with E-state index in [-0.39, 0.29) is 9.75 Å². The second-order valence-corrected chi connectivity index (χ2v) is 5.93. The van der Waals surface area contributed by atoms with Gasteiger partial charge in [-0.05, 0) is 11.1 Å². The molecule has 0 atom stereocenters. The van der Waals surface area contributed by atoms with E-state index in [0.717, 1.165) is 22.5 Å². The lowest BCUT2D eigenvalue weighted by atomic mass is 9.94. The van der Waals surface area contributed by atoms with Crippen molar-refractivity contribution in [3.8, 4) is 22.3 Å². The van der Waals surface area contributed by atoms with Crippen LogP contribution in [0.5, 0.6) is 0 Å². The second kappa shape index (κ2) is 6.06. The third-order valence-electron chi connectivity index (χ3n) is 3.45. The van der Waals surface area contributed by atoms with Gasteiger partial charge in [0, 0.05) is 11.1 Å². The van der Waals surface area contributed by atoms with Crippen molar-refractivity contribution in [1.82, 2.24) is 0 Å². The molecule has 1 amide bonds. The maximum atomic E-state index is 11.9. The molecule has 3 rings (SSSR count). The van der Waals surface area contributed by atoms with Crippen LogP contribution in [0.4, 0.5) is 0 Å². The van der Waals surface area contributed by atoms with E-state index in [2.05, 4.69) is 0 Å². The average Bonchev–Trinajstić information content (AvgIpc) is 2.97. The van der Waals surface area contributed by atoms with E-state index in [9.17, 15) is 14.7 Å². The Balaban J connectivity index is 2.40. The van der Waals surface area contributed by atoms with Crippen molar-refractivity contribution in [3.63, 3.8) is 0 Å². The third kappa shape index (κ3) is 2.74. The summed E-state index contributed by atoms with van der Waals surface area (Å²) in [5.74, 6) is -1.70. The number of carbonyl (C=O) groups excluding carboxylic acids is 1. The fourth-order valence-corrected chi connectivity index (χ4v) is 3.55. The van der Waals surface area contributed by atoms with Gasteiger partial charge < -0.3 is 10.8 Å². The number of benzene rings is 2. The van der Waals surface area contributed by atoms with E-state index in [1.165, 1.54) is 0 Å². The molecular weight excluding hydrogens is 310 g/mol. The highest BCUT2D eigenvalue weighted by Gasteiger charge is 2.26. The molecule has 0 bridgehead atoms. The van der Waals surface area contributed by atoms with Crippen molar-refractivity contribution in [2.75, 3.05) is 0 Å². The molecule has 5 heteroatoms. The molecule has 2 aromatic carbocycles. The summed E-state index contributed by atoms with van der Waals surface area (Å²) in [6, 6.07) is 18.4. The third-order valence-corrected chi connectivity index (χ3v) is 4.64. The van der Waals surface area contributed by atoms with Crippen LogP contribution < -0.4 is 5.73 Å². The molecule has 0 aliphatic carbocycles. The lowest BCUT2D eigenvalue weighted by molar-refractivity contribution is 0.0702. The minimum atomic E-state index is -1.07. The van der Waals surface area contributed by atoms with Crippen molar-refractivity contribution in [2.24, 2.45) is 5.73 Å². The van der Waals surface area contributed by atoms with Crippen LogP contribution in [0.1, 0.15) is 19.3 Å². The highest BCUT2D eigenvalue weighted by atomic mass is 32.1. The predicted molar refractivity (Wildman–Crippen MR) is 90.7 cm³/mol. The summed E-state index contributed by atoms with van der Waals surface area (Å²) in [6.07, 6.45) is 0. The van der Waals surface area contributed by atoms with E-state index in [1.54, 1.807) is 0 Å². The van der Waals surface area contributed by atoms with Gasteiger partial charge in [-0.2, -0.15) is 0 Å². The fourth-order valence-electron chi connectivity index (χ4n) is 2.52. The highest BCUT2D eigenvalue weighted by molar-refractivity contribution is 7.17. The Bertz CT molecular complexity index is 798. The molecule has 0 fully saturated rings. The first-order valence-electron chi connectivity index (χ1n) is 6.90. The molecule has 3 aromatic rings. The van der Waals surface area contributed by atoms with Crippen LogP contribution in [0.15, 0.2) is 60.7 Å². The van der Waals surface area contributed by atoms with E-state index >= 15 is 0 Å². The van der Waals surface area contributed by atoms with Gasteiger partial charge in [-0.15, -0.1) is 11.3 Å². The van der Waals surface area contributed by atoms with Gasteiger partial charge in [-0.1, -0.05) is 60.7 Å². The van der Waals surface area contributed by atoms with E-state index in [1.807, 2.05) is 60.7 Å². The summed E-state index contributed by atoms with van der Waals surface area (Å²) in [5, 5.41) is 9.55. The number of aromatic carboxylic acids is 1. The van der Waals surface area contributed by atoms with Gasteiger partial charge >= 0.3 is 5.97 Å². The monoisotopic (exact) mass is 323 g/mol. The molecule has 3 N–H and O–H groups in total. The number of carboxylic acids is 1. The zero-order valence-corrected chi connectivity index (χ0v) is 12.8. The van der Waals surface area contributed by atoms with Crippen molar-refractivity contribution in [3.05, 3.63) is 70.4 Å². The SMILES string of the molecule is NC(=O)c1sc(C(=O)O)c(-c2ccccc2)c1-c1ccccc1. The molecular formula is C18H13NO3S. The number of primary amides is 1. The lowest BCUT2D eigenvalue weighted by Gasteiger charge is -2.08. The number of hydrogen-bond acceptors (Lipinski definition) is 3. The lowest BCUT2D eigenvalue weighted by Crippen LogP contribution is -2.10. The van der Waals surface area contributed by atoms with Crippen molar-refractivity contribution in [2.45, 2.75) is 0 Å². The van der Waals surface area contributed by atoms with Crippen LogP contribution >= 0.6 is 11.3 Å². The molecule has 1 heterocycles. The van der Waals surface area contributed by atoms with Gasteiger partial charge in [0.05, 0.1) is 0 Å². The maximum Gasteiger partial charge on any atom is 0.346 e. The van der Waals surface area contributed by atoms with Crippen LogP contribution in [0, 0.1) is 0 Å². The summed E-state index contributed by atoms with van der Waals surface area (Å²) in [5.41, 5.74) is 8.11. The predicted octanol–water partition coefficient (Wildman–Crippen LogP) is 3.88. The quantitative estimate of drug-likeness (QED) is 0.764. The van der Waals surface area contributed by atoms with Crippen molar-refractivity contribution in [1.29, 1.82) is 0 Å². The number of nitrogens with two attached hydrogens (primary N) is 1. The topological polar surface area (TPSA) is 80.4 Å². The number of hydrogen-bond donors (Lipinski definition) is 2. The molecule has 1 aromatic heterocycles. The zero-order chi connectivity index (χ0) is 16.4. The Morgan fingerprint density at radius 2 is 1.22 bits per heavy atom. The van der Waals surface area contributed by atoms with Crippen molar-refractivity contribution < 1.29 is 14.7 Å². The van der Waals surface area contributed by atoms with Crippen LogP contribution in [-0.4, -0.2) is 17.0 Å². The summed E-state index contributed by atoms with van der Waals surface area (Å²) >= 11 is 0.918. The molecule has 114 valence electrons. The van der Waals surface area contributed by atoms with Gasteiger partial charge in [0.15, 0.2) is 0 Å². The van der Waals surface area contributed by atoms with Crippen LogP contribution in [-0.2, 0) is 0 Å². The highest BCUT2D eigenvalue weighted by Crippen LogP contribution is 2.43. The average molecular weight is 323 g/mol. The number of carboxylic acid groups (broad SMARTS) is 1. The Hall–Kier alpha value is -2.92. The Morgan fingerprint density at radius 1 is 0.783 bits per heavy atom.